The maximum absolute atomic E-state index is 11.8. The zero-order chi connectivity index (χ0) is 21.4. The van der Waals surface area contributed by atoms with Gasteiger partial charge in [-0.05, 0) is 30.2 Å². The molecule has 3 aromatic rings. The molecule has 2 aliphatic heterocycles. The Labute approximate surface area is 179 Å². The van der Waals surface area contributed by atoms with E-state index in [-0.39, 0.29) is 12.1 Å². The second kappa shape index (κ2) is 7.95. The molecule has 8 heteroatoms. The number of aromatic nitrogens is 3. The molecule has 156 valence electrons. The maximum atomic E-state index is 11.8. The van der Waals surface area contributed by atoms with Gasteiger partial charge in [0.2, 0.25) is 0 Å². The highest BCUT2D eigenvalue weighted by Crippen LogP contribution is 2.32. The van der Waals surface area contributed by atoms with E-state index in [4.69, 9.17) is 14.7 Å². The van der Waals surface area contributed by atoms with E-state index in [1.165, 1.54) is 6.20 Å². The Kier molecular flexibility index (Phi) is 4.98. The molecule has 2 aromatic heterocycles. The van der Waals surface area contributed by atoms with E-state index >= 15 is 0 Å². The maximum Gasteiger partial charge on any atom is 0.338 e. The van der Waals surface area contributed by atoms with Crippen LogP contribution in [0.4, 0.5) is 0 Å². The van der Waals surface area contributed by atoms with Crippen LogP contribution in [0.15, 0.2) is 43.0 Å². The number of esters is 1. The van der Waals surface area contributed by atoms with E-state index in [2.05, 4.69) is 21.1 Å². The molecule has 0 spiro atoms. The van der Waals surface area contributed by atoms with Crippen LogP contribution in [0.5, 0.6) is 0 Å². The minimum atomic E-state index is -0.247. The number of nitriles is 1. The number of benzene rings is 1. The van der Waals surface area contributed by atoms with Crippen LogP contribution < -0.4 is 0 Å². The molecule has 0 bridgehead atoms. The fourth-order valence-corrected chi connectivity index (χ4v) is 4.21. The average molecular weight is 415 g/mol. The summed E-state index contributed by atoms with van der Waals surface area (Å²) in [5.41, 5.74) is 6.16. The molecule has 1 aromatic carbocycles. The molecular weight excluding hydrogens is 394 g/mol. The molecule has 1 fully saturated rings. The summed E-state index contributed by atoms with van der Waals surface area (Å²) in [6, 6.07) is 7.70. The molecule has 8 nitrogen and oxygen atoms in total. The summed E-state index contributed by atoms with van der Waals surface area (Å²) in [4.78, 5) is 18.3. The second-order valence-electron chi connectivity index (χ2n) is 7.81. The minimum absolute atomic E-state index is 0.0543. The Morgan fingerprint density at radius 3 is 3.06 bits per heavy atom. The van der Waals surface area contributed by atoms with Crippen molar-refractivity contribution < 1.29 is 14.3 Å². The predicted octanol–water partition coefficient (Wildman–Crippen LogP) is 2.69. The van der Waals surface area contributed by atoms with Crippen molar-refractivity contribution in [2.24, 2.45) is 0 Å². The van der Waals surface area contributed by atoms with Crippen molar-refractivity contribution >= 4 is 5.97 Å². The van der Waals surface area contributed by atoms with E-state index in [1.54, 1.807) is 16.9 Å². The molecule has 0 saturated carbocycles. The largest absolute Gasteiger partial charge is 0.457 e. The number of morpholine rings is 1. The molecule has 4 heterocycles. The molecular formula is C23H21N5O3. The lowest BCUT2D eigenvalue weighted by atomic mass is 9.94. The number of fused-ring (bicyclic) bond motifs is 1. The van der Waals surface area contributed by atoms with Crippen LogP contribution in [-0.2, 0) is 22.6 Å². The lowest BCUT2D eigenvalue weighted by molar-refractivity contribution is -0.0332. The summed E-state index contributed by atoms with van der Waals surface area (Å²) in [5, 5.41) is 13.5. The van der Waals surface area contributed by atoms with Crippen LogP contribution in [0.3, 0.4) is 0 Å². The van der Waals surface area contributed by atoms with Gasteiger partial charge in [-0.3, -0.25) is 9.88 Å². The van der Waals surface area contributed by atoms with E-state index in [0.29, 0.717) is 24.3 Å². The van der Waals surface area contributed by atoms with Crippen molar-refractivity contribution in [1.82, 2.24) is 19.7 Å². The van der Waals surface area contributed by atoms with Gasteiger partial charge < -0.3 is 9.47 Å². The number of carbonyl (C=O) groups excluding carboxylic acids is 1. The average Bonchev–Trinajstić information content (AvgIpc) is 3.42. The lowest BCUT2D eigenvalue weighted by Crippen LogP contribution is -2.38. The smallest absolute Gasteiger partial charge is 0.338 e. The zero-order valence-corrected chi connectivity index (χ0v) is 17.1. The van der Waals surface area contributed by atoms with Gasteiger partial charge in [0, 0.05) is 43.2 Å². The normalized spacial score (nSPS) is 18.5. The Morgan fingerprint density at radius 2 is 2.19 bits per heavy atom. The van der Waals surface area contributed by atoms with Crippen molar-refractivity contribution in [3.63, 3.8) is 0 Å². The summed E-state index contributed by atoms with van der Waals surface area (Å²) in [5.74, 6) is -0.247. The van der Waals surface area contributed by atoms with Crippen LogP contribution in [0.25, 0.3) is 5.69 Å². The predicted molar refractivity (Wildman–Crippen MR) is 110 cm³/mol. The third kappa shape index (κ3) is 3.69. The SMILES string of the molecule is Cc1c(C2CN(Cc3cnn(-c4cncc(C#N)c4)c3)CCO2)ccc2c1COC2=O. The van der Waals surface area contributed by atoms with Crippen molar-refractivity contribution in [2.45, 2.75) is 26.2 Å². The van der Waals surface area contributed by atoms with Gasteiger partial charge in [-0.25, -0.2) is 9.48 Å². The van der Waals surface area contributed by atoms with E-state index in [9.17, 15) is 4.79 Å². The number of carbonyl (C=O) groups is 1. The third-order valence-electron chi connectivity index (χ3n) is 5.87. The van der Waals surface area contributed by atoms with Gasteiger partial charge in [-0.15, -0.1) is 0 Å². The molecule has 0 N–H and O–H groups in total. The van der Waals surface area contributed by atoms with Crippen LogP contribution in [0.1, 0.15) is 44.3 Å². The summed E-state index contributed by atoms with van der Waals surface area (Å²) in [7, 11) is 0. The minimum Gasteiger partial charge on any atom is -0.457 e. The quantitative estimate of drug-likeness (QED) is 0.605. The number of rotatable bonds is 4. The summed E-state index contributed by atoms with van der Waals surface area (Å²) >= 11 is 0. The molecule has 31 heavy (non-hydrogen) atoms. The number of hydrogen-bond acceptors (Lipinski definition) is 7. The molecule has 2 aliphatic rings. The van der Waals surface area contributed by atoms with Gasteiger partial charge in [0.15, 0.2) is 0 Å². The van der Waals surface area contributed by atoms with E-state index in [0.717, 1.165) is 47.6 Å². The van der Waals surface area contributed by atoms with Gasteiger partial charge in [0.25, 0.3) is 0 Å². The standard InChI is InChI=1S/C23H21N5O3/c1-15-19(2-3-20-21(15)14-31-23(20)29)22-13-27(4-5-30-22)11-17-9-26-28(12-17)18-6-16(7-24)8-25-10-18/h2-3,6,8-10,12,22H,4-5,11,13-14H2,1H3. The summed E-state index contributed by atoms with van der Waals surface area (Å²) < 4.78 is 13.0. The fourth-order valence-electron chi connectivity index (χ4n) is 4.21. The van der Waals surface area contributed by atoms with Gasteiger partial charge in [0.05, 0.1) is 41.9 Å². The Hall–Kier alpha value is -3.54. The Morgan fingerprint density at radius 1 is 1.29 bits per heavy atom. The monoisotopic (exact) mass is 415 g/mol. The first-order valence-electron chi connectivity index (χ1n) is 10.1. The summed E-state index contributed by atoms with van der Waals surface area (Å²) in [6.45, 7) is 5.34. The van der Waals surface area contributed by atoms with Gasteiger partial charge in [-0.2, -0.15) is 10.4 Å². The number of nitrogens with zero attached hydrogens (tertiary/aromatic N) is 5. The molecule has 1 unspecified atom stereocenters. The number of cyclic esters (lactones) is 1. The first-order valence-corrected chi connectivity index (χ1v) is 10.1. The number of hydrogen-bond donors (Lipinski definition) is 0. The summed E-state index contributed by atoms with van der Waals surface area (Å²) in [6.07, 6.45) is 6.97. The highest BCUT2D eigenvalue weighted by Gasteiger charge is 2.29. The van der Waals surface area contributed by atoms with Gasteiger partial charge in [-0.1, -0.05) is 6.07 Å². The van der Waals surface area contributed by atoms with Crippen LogP contribution in [0.2, 0.25) is 0 Å². The van der Waals surface area contributed by atoms with Crippen LogP contribution >= 0.6 is 0 Å². The van der Waals surface area contributed by atoms with Crippen molar-refractivity contribution in [3.8, 4) is 11.8 Å². The molecule has 1 saturated heterocycles. The van der Waals surface area contributed by atoms with Gasteiger partial charge in [0.1, 0.15) is 12.7 Å². The molecule has 0 amide bonds. The number of ether oxygens (including phenoxy) is 2. The fraction of sp³-hybridized carbons (Fsp3) is 0.304. The first-order chi connectivity index (χ1) is 15.1. The lowest BCUT2D eigenvalue weighted by Gasteiger charge is -2.33. The Balaban J connectivity index is 1.30. The van der Waals surface area contributed by atoms with Gasteiger partial charge >= 0.3 is 5.97 Å². The third-order valence-corrected chi connectivity index (χ3v) is 5.87. The molecule has 5 rings (SSSR count). The molecule has 0 aliphatic carbocycles. The van der Waals surface area contributed by atoms with Crippen LogP contribution in [-0.4, -0.2) is 45.3 Å². The van der Waals surface area contributed by atoms with E-state index in [1.807, 2.05) is 31.5 Å². The molecule has 1 atom stereocenters. The Bertz CT molecular complexity index is 1200. The molecule has 0 radical (unpaired) electrons. The van der Waals surface area contributed by atoms with E-state index < -0.39 is 0 Å². The van der Waals surface area contributed by atoms with Crippen molar-refractivity contribution in [2.75, 3.05) is 19.7 Å². The van der Waals surface area contributed by atoms with Crippen molar-refractivity contribution in [1.29, 1.82) is 5.26 Å². The zero-order valence-electron chi connectivity index (χ0n) is 17.1. The number of pyridine rings is 1. The first kappa shape index (κ1) is 19.4. The van der Waals surface area contributed by atoms with Crippen LogP contribution in [0, 0.1) is 18.3 Å². The highest BCUT2D eigenvalue weighted by atomic mass is 16.5. The second-order valence-corrected chi connectivity index (χ2v) is 7.81. The van der Waals surface area contributed by atoms with Crippen molar-refractivity contribution in [3.05, 3.63) is 76.4 Å². The highest BCUT2D eigenvalue weighted by molar-refractivity contribution is 5.93. The topological polar surface area (TPSA) is 93.3 Å².